The Bertz CT molecular complexity index is 1070. The number of nitrogens with one attached hydrogen (secondary N) is 1. The van der Waals surface area contributed by atoms with Gasteiger partial charge in [-0.3, -0.25) is 4.79 Å². The number of hydrogen-bond donors (Lipinski definition) is 3. The first-order valence-electron chi connectivity index (χ1n) is 11.3. The molecule has 0 radical (unpaired) electrons. The van der Waals surface area contributed by atoms with Crippen molar-refractivity contribution in [2.24, 2.45) is 11.5 Å². The first-order valence-corrected chi connectivity index (χ1v) is 11.3. The summed E-state index contributed by atoms with van der Waals surface area (Å²) in [7, 11) is 1.91. The minimum Gasteiger partial charge on any atom is -0.457 e. The maximum absolute atomic E-state index is 12.2. The summed E-state index contributed by atoms with van der Waals surface area (Å²) in [5, 5.41) is 3.13. The zero-order chi connectivity index (χ0) is 24.9. The molecule has 1 heterocycles. The molecule has 188 valence electrons. The summed E-state index contributed by atoms with van der Waals surface area (Å²) in [6.45, 7) is 8.44. The topological polar surface area (TPSA) is 116 Å². The normalized spacial score (nSPS) is 11.4. The van der Waals surface area contributed by atoms with Crippen molar-refractivity contribution >= 4 is 27.3 Å². The smallest absolute Gasteiger partial charge is 0.457 e. The first-order chi connectivity index (χ1) is 16.4. The van der Waals surface area contributed by atoms with E-state index in [0.29, 0.717) is 11.3 Å². The van der Waals surface area contributed by atoms with Crippen molar-refractivity contribution < 1.29 is 9.53 Å². The third-order valence-corrected chi connectivity index (χ3v) is 4.89. The SMILES string of the molecule is CNCCC(C)c1ccnc(/C(C(N)=O)=C(\N)c2ccc(Oc3ccccc3)cc2)n1.[Be+2].[CH2-]CC.[CH3-]. The van der Waals surface area contributed by atoms with Crippen LogP contribution in [0.25, 0.3) is 11.3 Å². The van der Waals surface area contributed by atoms with E-state index in [1.165, 1.54) is 0 Å². The van der Waals surface area contributed by atoms with E-state index in [4.69, 9.17) is 16.2 Å². The number of nitrogens with two attached hydrogens (primary N) is 2. The molecule has 5 N–H and O–H groups in total. The Morgan fingerprint density at radius 3 is 2.19 bits per heavy atom. The van der Waals surface area contributed by atoms with Crippen LogP contribution in [0.5, 0.6) is 11.5 Å². The van der Waals surface area contributed by atoms with Crippen molar-refractivity contribution in [3.63, 3.8) is 0 Å². The summed E-state index contributed by atoms with van der Waals surface area (Å²) in [6, 6.07) is 18.4. The first kappa shape index (κ1) is 32.5. The number of para-hydroxylation sites is 1. The van der Waals surface area contributed by atoms with Crippen molar-refractivity contribution in [2.75, 3.05) is 13.6 Å². The van der Waals surface area contributed by atoms with Crippen LogP contribution in [0.4, 0.5) is 0 Å². The fraction of sp³-hybridized carbons (Fsp3) is 0.250. The second-order valence-corrected chi connectivity index (χ2v) is 7.69. The van der Waals surface area contributed by atoms with E-state index in [9.17, 15) is 4.79 Å². The Balaban J connectivity index is 0.00000233. The number of primary amides is 1. The van der Waals surface area contributed by atoms with Gasteiger partial charge in [0.15, 0.2) is 5.82 Å². The number of aromatic nitrogens is 2. The third-order valence-electron chi connectivity index (χ3n) is 4.89. The minimum atomic E-state index is -0.679. The second-order valence-electron chi connectivity index (χ2n) is 7.69. The minimum absolute atomic E-state index is 0. The van der Waals surface area contributed by atoms with Gasteiger partial charge < -0.3 is 35.9 Å². The fourth-order valence-corrected chi connectivity index (χ4v) is 3.11. The molecule has 0 saturated heterocycles. The summed E-state index contributed by atoms with van der Waals surface area (Å²) in [6.07, 6.45) is 3.53. The van der Waals surface area contributed by atoms with Gasteiger partial charge in [0.1, 0.15) is 17.1 Å². The second kappa shape index (κ2) is 17.0. The monoisotopic (exact) mass is 484 g/mol. The quantitative estimate of drug-likeness (QED) is 0.232. The molecule has 0 bridgehead atoms. The number of amides is 1. The van der Waals surface area contributed by atoms with Gasteiger partial charge in [-0.1, -0.05) is 32.0 Å². The molecule has 1 amide bonds. The third kappa shape index (κ3) is 9.61. The predicted molar refractivity (Wildman–Crippen MR) is 150 cm³/mol. The van der Waals surface area contributed by atoms with E-state index in [0.717, 1.165) is 30.8 Å². The molecule has 1 unspecified atom stereocenters. The van der Waals surface area contributed by atoms with E-state index in [2.05, 4.69) is 29.1 Å². The molecule has 8 heteroatoms. The van der Waals surface area contributed by atoms with Crippen LogP contribution >= 0.6 is 0 Å². The molecule has 1 aromatic heterocycles. The number of benzene rings is 2. The largest absolute Gasteiger partial charge is 2.00 e. The maximum Gasteiger partial charge on any atom is 2.00 e. The van der Waals surface area contributed by atoms with E-state index >= 15 is 0 Å². The Morgan fingerprint density at radius 2 is 1.64 bits per heavy atom. The van der Waals surface area contributed by atoms with E-state index in [1.807, 2.05) is 50.4 Å². The van der Waals surface area contributed by atoms with E-state index in [1.54, 1.807) is 30.5 Å². The van der Waals surface area contributed by atoms with Gasteiger partial charge in [0.05, 0.1) is 5.70 Å². The zero-order valence-corrected chi connectivity index (χ0v) is 21.8. The van der Waals surface area contributed by atoms with Gasteiger partial charge in [-0.05, 0) is 74.0 Å². The fourth-order valence-electron chi connectivity index (χ4n) is 3.11. The van der Waals surface area contributed by atoms with Gasteiger partial charge in [0, 0.05) is 11.9 Å². The molecular formula is C28H37BeN5O2. The van der Waals surface area contributed by atoms with Gasteiger partial charge in [0.25, 0.3) is 5.91 Å². The van der Waals surface area contributed by atoms with Crippen LogP contribution in [0.3, 0.4) is 0 Å². The zero-order valence-electron chi connectivity index (χ0n) is 21.8. The molecule has 0 spiro atoms. The van der Waals surface area contributed by atoms with Crippen LogP contribution in [-0.2, 0) is 4.79 Å². The summed E-state index contributed by atoms with van der Waals surface area (Å²) < 4.78 is 5.80. The van der Waals surface area contributed by atoms with Crippen LogP contribution in [0, 0.1) is 14.4 Å². The molecule has 2 aromatic carbocycles. The van der Waals surface area contributed by atoms with Crippen LogP contribution in [0.15, 0.2) is 66.9 Å². The van der Waals surface area contributed by atoms with E-state index < -0.39 is 5.91 Å². The molecule has 7 nitrogen and oxygen atoms in total. The Labute approximate surface area is 219 Å². The van der Waals surface area contributed by atoms with Crippen LogP contribution in [-0.4, -0.2) is 39.6 Å². The van der Waals surface area contributed by atoms with Gasteiger partial charge in [-0.2, -0.15) is 6.42 Å². The molecule has 1 atom stereocenters. The number of carbonyl (C=O) groups excluding carboxylic acids is 1. The van der Waals surface area contributed by atoms with Crippen LogP contribution in [0.1, 0.15) is 49.7 Å². The average molecular weight is 485 g/mol. The number of carbonyl (C=O) groups is 1. The maximum atomic E-state index is 12.2. The Hall–Kier alpha value is -3.54. The molecule has 0 fully saturated rings. The molecular weight excluding hydrogens is 447 g/mol. The number of hydrogen-bond acceptors (Lipinski definition) is 6. The van der Waals surface area contributed by atoms with Crippen molar-refractivity contribution in [2.45, 2.75) is 32.6 Å². The summed E-state index contributed by atoms with van der Waals surface area (Å²) in [4.78, 5) is 21.1. The van der Waals surface area contributed by atoms with Crippen LogP contribution in [0.2, 0.25) is 0 Å². The molecule has 0 aliphatic rings. The van der Waals surface area contributed by atoms with Crippen molar-refractivity contribution in [1.82, 2.24) is 15.3 Å². The Morgan fingerprint density at radius 1 is 1.06 bits per heavy atom. The van der Waals surface area contributed by atoms with Gasteiger partial charge in [-0.15, -0.1) is 0 Å². The summed E-state index contributed by atoms with van der Waals surface area (Å²) >= 11 is 0. The standard InChI is InChI=1S/C24H27N5O2.C3H7.CH3.Be/c1-16(12-14-27-2)20-13-15-28-24(29-20)21(23(26)30)22(25)17-8-10-19(11-9-17)31-18-6-4-3-5-7-18;1-3-2;;/h3-11,13,15-16,27H,12,14,25H2,1-2H3,(H2,26,30);1,3H2,2H3;1H3;/q;2*-1;+2/b22-21-;;;. The summed E-state index contributed by atoms with van der Waals surface area (Å²) in [5.41, 5.74) is 13.8. The van der Waals surface area contributed by atoms with Gasteiger partial charge >= 0.3 is 10.1 Å². The molecule has 3 rings (SSSR count). The van der Waals surface area contributed by atoms with Gasteiger partial charge in [0.2, 0.25) is 0 Å². The van der Waals surface area contributed by atoms with Crippen molar-refractivity contribution in [3.8, 4) is 11.5 Å². The van der Waals surface area contributed by atoms with Crippen LogP contribution < -0.4 is 21.5 Å². The molecule has 3 aromatic rings. The molecule has 36 heavy (non-hydrogen) atoms. The average Bonchev–Trinajstić information content (AvgIpc) is 2.84. The number of nitrogens with zero attached hydrogens (tertiary/aromatic N) is 2. The van der Waals surface area contributed by atoms with Crippen molar-refractivity contribution in [1.29, 1.82) is 0 Å². The Kier molecular flexibility index (Phi) is 15.3. The van der Waals surface area contributed by atoms with E-state index in [-0.39, 0.29) is 40.6 Å². The summed E-state index contributed by atoms with van der Waals surface area (Å²) in [5.74, 6) is 1.12. The molecule has 0 aliphatic heterocycles. The van der Waals surface area contributed by atoms with Crippen molar-refractivity contribution in [3.05, 3.63) is 98.3 Å². The van der Waals surface area contributed by atoms with Gasteiger partial charge in [-0.25, -0.2) is 9.97 Å². The molecule has 0 saturated carbocycles. The predicted octanol–water partition coefficient (Wildman–Crippen LogP) is 4.59. The number of ether oxygens (including phenoxy) is 1. The number of rotatable bonds is 9. The molecule has 0 aliphatic carbocycles.